The minimum absolute atomic E-state index is 0.0482. The first-order chi connectivity index (χ1) is 7.52. The van der Waals surface area contributed by atoms with Crippen LogP contribution in [0, 0.1) is 6.92 Å². The van der Waals surface area contributed by atoms with Gasteiger partial charge in [0, 0.05) is 17.6 Å². The van der Waals surface area contributed by atoms with Gasteiger partial charge in [0.2, 0.25) is 0 Å². The second-order valence-corrected chi connectivity index (χ2v) is 4.39. The molecule has 3 heteroatoms. The minimum Gasteiger partial charge on any atom is -0.346 e. The lowest BCUT2D eigenvalue weighted by molar-refractivity contribution is 0.0906. The van der Waals surface area contributed by atoms with Crippen LogP contribution in [-0.4, -0.2) is 18.0 Å². The second kappa shape index (κ2) is 5.12. The molecular formula is C13H20N2O. The van der Waals surface area contributed by atoms with Crippen molar-refractivity contribution >= 4 is 5.91 Å². The summed E-state index contributed by atoms with van der Waals surface area (Å²) in [6.07, 6.45) is 0.821. The molecule has 0 aliphatic rings. The highest BCUT2D eigenvalue weighted by Gasteiger charge is 2.23. The molecule has 0 radical (unpaired) electrons. The Kier molecular flexibility index (Phi) is 4.07. The quantitative estimate of drug-likeness (QED) is 0.813. The van der Waals surface area contributed by atoms with Crippen LogP contribution in [0.5, 0.6) is 0 Å². The Labute approximate surface area is 97.0 Å². The zero-order valence-electron chi connectivity index (χ0n) is 10.2. The van der Waals surface area contributed by atoms with Crippen molar-refractivity contribution in [1.29, 1.82) is 0 Å². The number of aryl methyl sites for hydroxylation is 1. The first-order valence-corrected chi connectivity index (χ1v) is 5.60. The van der Waals surface area contributed by atoms with Crippen molar-refractivity contribution in [2.75, 3.05) is 6.54 Å². The van der Waals surface area contributed by atoms with E-state index in [0.29, 0.717) is 6.54 Å². The number of nitrogens with one attached hydrogen (secondary N) is 1. The first-order valence-electron chi connectivity index (χ1n) is 5.60. The summed E-state index contributed by atoms with van der Waals surface area (Å²) in [5.74, 6) is -0.0482. The van der Waals surface area contributed by atoms with Crippen LogP contribution in [0.4, 0.5) is 0 Å². The van der Waals surface area contributed by atoms with Gasteiger partial charge >= 0.3 is 0 Å². The fourth-order valence-electron chi connectivity index (χ4n) is 1.45. The third-order valence-corrected chi connectivity index (χ3v) is 3.04. The number of carbonyl (C=O) groups is 1. The second-order valence-electron chi connectivity index (χ2n) is 4.39. The molecule has 88 valence electrons. The summed E-state index contributed by atoms with van der Waals surface area (Å²) >= 11 is 0. The Morgan fingerprint density at radius 1 is 1.44 bits per heavy atom. The fraction of sp³-hybridized carbons (Fsp3) is 0.462. The van der Waals surface area contributed by atoms with E-state index in [-0.39, 0.29) is 11.4 Å². The molecule has 0 saturated carbocycles. The summed E-state index contributed by atoms with van der Waals surface area (Å²) in [6, 6.07) is 7.56. The SMILES string of the molecule is CCC(C)(CN)NC(=O)c1ccccc1C. The minimum atomic E-state index is -0.320. The van der Waals surface area contributed by atoms with Crippen molar-refractivity contribution in [1.82, 2.24) is 5.32 Å². The van der Waals surface area contributed by atoms with E-state index in [9.17, 15) is 4.79 Å². The van der Waals surface area contributed by atoms with Gasteiger partial charge in [0.1, 0.15) is 0 Å². The Bertz CT molecular complexity index is 370. The maximum Gasteiger partial charge on any atom is 0.252 e. The van der Waals surface area contributed by atoms with E-state index in [1.54, 1.807) is 0 Å². The molecule has 0 aliphatic heterocycles. The van der Waals surface area contributed by atoms with Crippen LogP contribution in [0.1, 0.15) is 36.2 Å². The van der Waals surface area contributed by atoms with Gasteiger partial charge in [-0.05, 0) is 31.9 Å². The van der Waals surface area contributed by atoms with Crippen molar-refractivity contribution in [2.45, 2.75) is 32.7 Å². The van der Waals surface area contributed by atoms with Crippen molar-refractivity contribution in [3.63, 3.8) is 0 Å². The van der Waals surface area contributed by atoms with Gasteiger partial charge in [-0.1, -0.05) is 25.1 Å². The van der Waals surface area contributed by atoms with Crippen LogP contribution in [0.25, 0.3) is 0 Å². The van der Waals surface area contributed by atoms with Crippen molar-refractivity contribution in [3.05, 3.63) is 35.4 Å². The number of benzene rings is 1. The van der Waals surface area contributed by atoms with E-state index in [1.807, 2.05) is 45.0 Å². The molecule has 0 spiro atoms. The Morgan fingerprint density at radius 2 is 2.06 bits per heavy atom. The third kappa shape index (κ3) is 2.83. The van der Waals surface area contributed by atoms with Gasteiger partial charge < -0.3 is 11.1 Å². The maximum atomic E-state index is 12.0. The molecule has 1 atom stereocenters. The Morgan fingerprint density at radius 3 is 2.56 bits per heavy atom. The van der Waals surface area contributed by atoms with E-state index in [2.05, 4.69) is 5.32 Å². The summed E-state index contributed by atoms with van der Waals surface area (Å²) in [6.45, 7) is 6.36. The van der Waals surface area contributed by atoms with E-state index < -0.39 is 0 Å². The van der Waals surface area contributed by atoms with E-state index in [4.69, 9.17) is 5.73 Å². The molecule has 0 saturated heterocycles. The van der Waals surface area contributed by atoms with Crippen LogP contribution in [0.3, 0.4) is 0 Å². The highest BCUT2D eigenvalue weighted by Crippen LogP contribution is 2.11. The summed E-state index contributed by atoms with van der Waals surface area (Å²) in [5.41, 5.74) is 7.05. The third-order valence-electron chi connectivity index (χ3n) is 3.04. The molecule has 1 aromatic rings. The lowest BCUT2D eigenvalue weighted by Crippen LogP contribution is -2.51. The number of amides is 1. The average molecular weight is 220 g/mol. The monoisotopic (exact) mass is 220 g/mol. The molecule has 0 aliphatic carbocycles. The van der Waals surface area contributed by atoms with Crippen molar-refractivity contribution < 1.29 is 4.79 Å². The summed E-state index contributed by atoms with van der Waals surface area (Å²) < 4.78 is 0. The molecule has 1 rings (SSSR count). The molecule has 3 N–H and O–H groups in total. The number of nitrogens with two attached hydrogens (primary N) is 1. The molecule has 3 nitrogen and oxygen atoms in total. The van der Waals surface area contributed by atoms with Gasteiger partial charge in [-0.2, -0.15) is 0 Å². The van der Waals surface area contributed by atoms with Gasteiger partial charge in [-0.15, -0.1) is 0 Å². The molecule has 1 aromatic carbocycles. The molecule has 0 bridgehead atoms. The Balaban J connectivity index is 2.84. The highest BCUT2D eigenvalue weighted by molar-refractivity contribution is 5.96. The zero-order valence-corrected chi connectivity index (χ0v) is 10.2. The maximum absolute atomic E-state index is 12.0. The van der Waals surface area contributed by atoms with Crippen molar-refractivity contribution in [2.24, 2.45) is 5.73 Å². The van der Waals surface area contributed by atoms with Gasteiger partial charge in [-0.25, -0.2) is 0 Å². The van der Waals surface area contributed by atoms with Crippen molar-refractivity contribution in [3.8, 4) is 0 Å². The Hall–Kier alpha value is -1.35. The van der Waals surface area contributed by atoms with Gasteiger partial charge in [0.05, 0.1) is 0 Å². The van der Waals surface area contributed by atoms with Gasteiger partial charge in [0.25, 0.3) is 5.91 Å². The summed E-state index contributed by atoms with van der Waals surface area (Å²) in [4.78, 5) is 12.0. The average Bonchev–Trinajstić information content (AvgIpc) is 2.29. The normalized spacial score (nSPS) is 14.2. The van der Waals surface area contributed by atoms with Crippen LogP contribution in [0.2, 0.25) is 0 Å². The van der Waals surface area contributed by atoms with Crippen LogP contribution in [-0.2, 0) is 0 Å². The highest BCUT2D eigenvalue weighted by atomic mass is 16.1. The number of hydrogen-bond donors (Lipinski definition) is 2. The molecule has 16 heavy (non-hydrogen) atoms. The van der Waals surface area contributed by atoms with E-state index >= 15 is 0 Å². The number of rotatable bonds is 4. The lowest BCUT2D eigenvalue weighted by atomic mass is 9.98. The molecule has 1 amide bonds. The number of hydrogen-bond acceptors (Lipinski definition) is 2. The predicted octanol–water partition coefficient (Wildman–Crippen LogP) is 1.85. The first kappa shape index (κ1) is 12.7. The van der Waals surface area contributed by atoms with E-state index in [1.165, 1.54) is 0 Å². The molecule has 0 heterocycles. The summed E-state index contributed by atoms with van der Waals surface area (Å²) in [7, 11) is 0. The van der Waals surface area contributed by atoms with Gasteiger partial charge in [0.15, 0.2) is 0 Å². The van der Waals surface area contributed by atoms with Crippen LogP contribution >= 0.6 is 0 Å². The van der Waals surface area contributed by atoms with E-state index in [0.717, 1.165) is 17.5 Å². The molecule has 0 fully saturated rings. The summed E-state index contributed by atoms with van der Waals surface area (Å²) in [5, 5.41) is 2.99. The molecular weight excluding hydrogens is 200 g/mol. The van der Waals surface area contributed by atoms with Gasteiger partial charge in [-0.3, -0.25) is 4.79 Å². The smallest absolute Gasteiger partial charge is 0.252 e. The zero-order chi connectivity index (χ0) is 12.2. The van der Waals surface area contributed by atoms with Crippen LogP contribution < -0.4 is 11.1 Å². The van der Waals surface area contributed by atoms with Crippen LogP contribution in [0.15, 0.2) is 24.3 Å². The molecule has 1 unspecified atom stereocenters. The fourth-order valence-corrected chi connectivity index (χ4v) is 1.45. The standard InChI is InChI=1S/C13H20N2O/c1-4-13(3,9-14)15-12(16)11-8-6-5-7-10(11)2/h5-8H,4,9,14H2,1-3H3,(H,15,16). The number of carbonyl (C=O) groups excluding carboxylic acids is 1. The lowest BCUT2D eigenvalue weighted by Gasteiger charge is -2.28. The molecule has 0 aromatic heterocycles. The largest absolute Gasteiger partial charge is 0.346 e. The predicted molar refractivity (Wildman–Crippen MR) is 66.4 cm³/mol. The topological polar surface area (TPSA) is 55.1 Å².